The van der Waals surface area contributed by atoms with Crippen LogP contribution in [0.4, 0.5) is 0 Å². The second-order valence-electron chi connectivity index (χ2n) is 3.62. The highest BCUT2D eigenvalue weighted by atomic mass is 79.9. The van der Waals surface area contributed by atoms with Gasteiger partial charge in [-0.3, -0.25) is 0 Å². The minimum absolute atomic E-state index is 0.938. The van der Waals surface area contributed by atoms with Crippen molar-refractivity contribution in [2.24, 2.45) is 0 Å². The molecule has 3 heteroatoms. The molecule has 0 aliphatic heterocycles. The lowest BCUT2D eigenvalue weighted by atomic mass is 10.1. The summed E-state index contributed by atoms with van der Waals surface area (Å²) in [6.45, 7) is 7.79. The van der Waals surface area contributed by atoms with Crippen LogP contribution in [-0.2, 0) is 6.54 Å². The minimum Gasteiger partial charge on any atom is -0.312 e. The van der Waals surface area contributed by atoms with Crippen LogP contribution in [0.15, 0.2) is 35.3 Å². The predicted octanol–water partition coefficient (Wildman–Crippen LogP) is 3.77. The quantitative estimate of drug-likeness (QED) is 0.608. The molecule has 0 aromatic heterocycles. The number of aryl methyl sites for hydroxylation is 1. The van der Waals surface area contributed by atoms with E-state index in [4.69, 9.17) is 0 Å². The Morgan fingerprint density at radius 1 is 1.50 bits per heavy atom. The van der Waals surface area contributed by atoms with Crippen LogP contribution in [0.3, 0.4) is 0 Å². The first kappa shape index (κ1) is 13.8. The molecule has 1 nitrogen and oxygen atoms in total. The maximum atomic E-state index is 3.70. The van der Waals surface area contributed by atoms with Gasteiger partial charge in [-0.2, -0.15) is 11.8 Å². The van der Waals surface area contributed by atoms with Gasteiger partial charge in [0.05, 0.1) is 0 Å². The van der Waals surface area contributed by atoms with Crippen LogP contribution >= 0.6 is 27.7 Å². The highest BCUT2D eigenvalue weighted by molar-refractivity contribution is 9.10. The van der Waals surface area contributed by atoms with Crippen molar-refractivity contribution in [3.63, 3.8) is 0 Å². The van der Waals surface area contributed by atoms with E-state index in [1.807, 2.05) is 17.8 Å². The number of halogens is 1. The molecule has 1 aromatic rings. The monoisotopic (exact) mass is 299 g/mol. The summed E-state index contributed by atoms with van der Waals surface area (Å²) in [5.74, 6) is 2.18. The maximum absolute atomic E-state index is 3.70. The van der Waals surface area contributed by atoms with Crippen molar-refractivity contribution in [2.75, 3.05) is 18.1 Å². The Hall–Kier alpha value is -0.250. The zero-order chi connectivity index (χ0) is 11.8. The third kappa shape index (κ3) is 5.19. The van der Waals surface area contributed by atoms with Crippen molar-refractivity contribution in [1.82, 2.24) is 5.32 Å². The summed E-state index contributed by atoms with van der Waals surface area (Å²) in [4.78, 5) is 0. The molecule has 0 atom stereocenters. The zero-order valence-electron chi connectivity index (χ0n) is 9.63. The second-order valence-corrected chi connectivity index (χ2v) is 5.63. The maximum Gasteiger partial charge on any atom is 0.0207 e. The number of nitrogens with one attached hydrogen (secondary N) is 1. The summed E-state index contributed by atoms with van der Waals surface area (Å²) in [6, 6.07) is 6.50. The predicted molar refractivity (Wildman–Crippen MR) is 78.1 cm³/mol. The molecule has 0 amide bonds. The summed E-state index contributed by atoms with van der Waals surface area (Å²) in [5.41, 5.74) is 2.61. The molecule has 0 aliphatic carbocycles. The Bertz CT molecular complexity index is 339. The molecule has 1 N–H and O–H groups in total. The van der Waals surface area contributed by atoms with E-state index in [0.717, 1.165) is 24.6 Å². The van der Waals surface area contributed by atoms with Crippen molar-refractivity contribution >= 4 is 27.7 Å². The standard InChI is InChI=1S/C13H18BrNS/c1-3-7-16-8-6-15-10-12-5-4-11(2)13(14)9-12/h3-5,9,15H,1,6-8,10H2,2H3. The number of hydrogen-bond acceptors (Lipinski definition) is 2. The highest BCUT2D eigenvalue weighted by Gasteiger charge is 1.97. The molecule has 0 unspecified atom stereocenters. The smallest absolute Gasteiger partial charge is 0.0207 e. The van der Waals surface area contributed by atoms with Crippen LogP contribution in [0.2, 0.25) is 0 Å². The molecule has 0 spiro atoms. The molecular weight excluding hydrogens is 282 g/mol. The van der Waals surface area contributed by atoms with Gasteiger partial charge < -0.3 is 5.32 Å². The van der Waals surface area contributed by atoms with Gasteiger partial charge in [-0.25, -0.2) is 0 Å². The van der Waals surface area contributed by atoms with E-state index in [1.165, 1.54) is 15.6 Å². The molecule has 0 heterocycles. The van der Waals surface area contributed by atoms with Crippen molar-refractivity contribution in [3.8, 4) is 0 Å². The third-order valence-corrected chi connectivity index (χ3v) is 4.04. The van der Waals surface area contributed by atoms with E-state index in [-0.39, 0.29) is 0 Å². The molecule has 0 saturated heterocycles. The van der Waals surface area contributed by atoms with Gasteiger partial charge in [0, 0.05) is 29.1 Å². The lowest BCUT2D eigenvalue weighted by Gasteiger charge is -2.06. The number of hydrogen-bond donors (Lipinski definition) is 1. The van der Waals surface area contributed by atoms with Gasteiger partial charge in [-0.15, -0.1) is 6.58 Å². The van der Waals surface area contributed by atoms with Crippen LogP contribution in [0.1, 0.15) is 11.1 Å². The summed E-state index contributed by atoms with van der Waals surface area (Å²) >= 11 is 5.45. The summed E-state index contributed by atoms with van der Waals surface area (Å²) in [5, 5.41) is 3.43. The SMILES string of the molecule is C=CCSCCNCc1ccc(C)c(Br)c1. The summed E-state index contributed by atoms with van der Waals surface area (Å²) in [7, 11) is 0. The molecule has 0 fully saturated rings. The van der Waals surface area contributed by atoms with Gasteiger partial charge in [0.25, 0.3) is 0 Å². The minimum atomic E-state index is 0.938. The van der Waals surface area contributed by atoms with Gasteiger partial charge in [0.2, 0.25) is 0 Å². The van der Waals surface area contributed by atoms with Crippen LogP contribution in [-0.4, -0.2) is 18.1 Å². The van der Waals surface area contributed by atoms with E-state index in [0.29, 0.717) is 0 Å². The lowest BCUT2D eigenvalue weighted by Crippen LogP contribution is -2.16. The third-order valence-electron chi connectivity index (χ3n) is 2.22. The molecule has 16 heavy (non-hydrogen) atoms. The summed E-state index contributed by atoms with van der Waals surface area (Å²) in [6.07, 6.45) is 1.95. The van der Waals surface area contributed by atoms with Gasteiger partial charge >= 0.3 is 0 Å². The van der Waals surface area contributed by atoms with E-state index in [2.05, 4.69) is 52.9 Å². The van der Waals surface area contributed by atoms with E-state index in [1.54, 1.807) is 0 Å². The fourth-order valence-corrected chi connectivity index (χ4v) is 2.34. The molecule has 0 aliphatic rings. The van der Waals surface area contributed by atoms with Gasteiger partial charge in [0.15, 0.2) is 0 Å². The van der Waals surface area contributed by atoms with Crippen LogP contribution in [0, 0.1) is 6.92 Å². The van der Waals surface area contributed by atoms with Gasteiger partial charge in [-0.1, -0.05) is 34.1 Å². The average molecular weight is 300 g/mol. The topological polar surface area (TPSA) is 12.0 Å². The molecule has 1 rings (SSSR count). The Balaban J connectivity index is 2.21. The zero-order valence-corrected chi connectivity index (χ0v) is 12.0. The first-order valence-corrected chi connectivity index (χ1v) is 7.33. The molecule has 88 valence electrons. The molecule has 1 aromatic carbocycles. The fraction of sp³-hybridized carbons (Fsp3) is 0.385. The van der Waals surface area contributed by atoms with Crippen molar-refractivity contribution in [1.29, 1.82) is 0 Å². The molecule has 0 bridgehead atoms. The Morgan fingerprint density at radius 2 is 2.31 bits per heavy atom. The highest BCUT2D eigenvalue weighted by Crippen LogP contribution is 2.17. The normalized spacial score (nSPS) is 10.4. The van der Waals surface area contributed by atoms with Crippen LogP contribution in [0.5, 0.6) is 0 Å². The number of thioether (sulfide) groups is 1. The summed E-state index contributed by atoms with van der Waals surface area (Å²) < 4.78 is 1.19. The first-order chi connectivity index (χ1) is 7.74. The number of rotatable bonds is 7. The van der Waals surface area contributed by atoms with E-state index < -0.39 is 0 Å². The second kappa shape index (κ2) is 7.93. The van der Waals surface area contributed by atoms with Crippen LogP contribution < -0.4 is 5.32 Å². The molecular formula is C13H18BrNS. The van der Waals surface area contributed by atoms with E-state index >= 15 is 0 Å². The Labute approximate surface area is 111 Å². The average Bonchev–Trinajstić information content (AvgIpc) is 2.28. The molecule has 0 saturated carbocycles. The van der Waals surface area contributed by atoms with Crippen LogP contribution in [0.25, 0.3) is 0 Å². The van der Waals surface area contributed by atoms with Gasteiger partial charge in [0.1, 0.15) is 0 Å². The van der Waals surface area contributed by atoms with Crippen molar-refractivity contribution in [2.45, 2.75) is 13.5 Å². The Kier molecular flexibility index (Phi) is 6.85. The van der Waals surface area contributed by atoms with Gasteiger partial charge in [-0.05, 0) is 24.1 Å². The van der Waals surface area contributed by atoms with E-state index in [9.17, 15) is 0 Å². The number of benzene rings is 1. The van der Waals surface area contributed by atoms with Crippen molar-refractivity contribution < 1.29 is 0 Å². The first-order valence-electron chi connectivity index (χ1n) is 5.38. The lowest BCUT2D eigenvalue weighted by molar-refractivity contribution is 0.731. The molecule has 0 radical (unpaired) electrons. The largest absolute Gasteiger partial charge is 0.312 e. The van der Waals surface area contributed by atoms with Crippen molar-refractivity contribution in [3.05, 3.63) is 46.5 Å². The Morgan fingerprint density at radius 3 is 3.00 bits per heavy atom. The fourth-order valence-electron chi connectivity index (χ4n) is 1.29.